The van der Waals surface area contributed by atoms with Crippen molar-refractivity contribution in [1.82, 2.24) is 21.3 Å². The number of hydrogen-bond acceptors (Lipinski definition) is 6. The normalized spacial score (nSPS) is 20.1. The van der Waals surface area contributed by atoms with Crippen LogP contribution in [-0.4, -0.2) is 70.6 Å². The van der Waals surface area contributed by atoms with Crippen molar-refractivity contribution in [2.75, 3.05) is 6.54 Å². The van der Waals surface area contributed by atoms with Gasteiger partial charge in [0, 0.05) is 6.42 Å². The maximum atomic E-state index is 13.1. The summed E-state index contributed by atoms with van der Waals surface area (Å²) >= 11 is 0. The van der Waals surface area contributed by atoms with Gasteiger partial charge >= 0.3 is 11.9 Å². The zero-order valence-electron chi connectivity index (χ0n) is 19.8. The van der Waals surface area contributed by atoms with Gasteiger partial charge in [-0.3, -0.25) is 19.2 Å². The van der Waals surface area contributed by atoms with Gasteiger partial charge in [0.1, 0.15) is 18.1 Å². The third-order valence-electron chi connectivity index (χ3n) is 6.22. The SMILES string of the molecule is CCC(C)C(NC(=O)C1CCCN1)C(=O)NC(C(=O)NC(CCC(=O)O)C(=O)O)C(C)CC. The molecule has 1 aliphatic heterocycles. The summed E-state index contributed by atoms with van der Waals surface area (Å²) < 4.78 is 0. The van der Waals surface area contributed by atoms with Crippen molar-refractivity contribution < 1.29 is 34.2 Å². The van der Waals surface area contributed by atoms with E-state index in [1.807, 2.05) is 20.8 Å². The molecular formula is C22H38N4O7. The molecule has 0 spiro atoms. The Balaban J connectivity index is 2.96. The smallest absolute Gasteiger partial charge is 0.326 e. The molecule has 188 valence electrons. The molecule has 6 atom stereocenters. The fraction of sp³-hybridized carbons (Fsp3) is 0.773. The minimum Gasteiger partial charge on any atom is -0.481 e. The van der Waals surface area contributed by atoms with E-state index in [-0.39, 0.29) is 30.2 Å². The van der Waals surface area contributed by atoms with Gasteiger partial charge in [0.05, 0.1) is 6.04 Å². The van der Waals surface area contributed by atoms with Gasteiger partial charge in [-0.25, -0.2) is 4.79 Å². The molecule has 3 amide bonds. The molecule has 1 aliphatic rings. The molecule has 0 aromatic heterocycles. The Kier molecular flexibility index (Phi) is 11.8. The van der Waals surface area contributed by atoms with Crippen LogP contribution in [0.3, 0.4) is 0 Å². The Morgan fingerprint density at radius 1 is 0.909 bits per heavy atom. The first-order chi connectivity index (χ1) is 15.5. The Bertz CT molecular complexity index is 709. The van der Waals surface area contributed by atoms with Crippen LogP contribution in [0.5, 0.6) is 0 Å². The molecule has 6 N–H and O–H groups in total. The molecular weight excluding hydrogens is 432 g/mol. The largest absolute Gasteiger partial charge is 0.481 e. The second-order valence-corrected chi connectivity index (χ2v) is 8.72. The maximum absolute atomic E-state index is 13.1. The molecule has 33 heavy (non-hydrogen) atoms. The summed E-state index contributed by atoms with van der Waals surface area (Å²) in [6.45, 7) is 8.04. The monoisotopic (exact) mass is 470 g/mol. The summed E-state index contributed by atoms with van der Waals surface area (Å²) in [5.41, 5.74) is 0. The predicted octanol–water partition coefficient (Wildman–Crippen LogP) is 0.234. The van der Waals surface area contributed by atoms with Crippen molar-refractivity contribution in [2.45, 2.75) is 90.4 Å². The van der Waals surface area contributed by atoms with Gasteiger partial charge in [0.25, 0.3) is 0 Å². The first-order valence-corrected chi connectivity index (χ1v) is 11.6. The third kappa shape index (κ3) is 8.99. The van der Waals surface area contributed by atoms with E-state index in [0.717, 1.165) is 13.0 Å². The minimum atomic E-state index is -1.39. The highest BCUT2D eigenvalue weighted by Gasteiger charge is 2.35. The first-order valence-electron chi connectivity index (χ1n) is 11.6. The van der Waals surface area contributed by atoms with Crippen LogP contribution in [0.4, 0.5) is 0 Å². The van der Waals surface area contributed by atoms with E-state index >= 15 is 0 Å². The van der Waals surface area contributed by atoms with Crippen LogP contribution in [-0.2, 0) is 24.0 Å². The molecule has 0 saturated carbocycles. The van der Waals surface area contributed by atoms with Gasteiger partial charge in [0.15, 0.2) is 0 Å². The molecule has 11 nitrogen and oxygen atoms in total. The van der Waals surface area contributed by atoms with Gasteiger partial charge in [-0.1, -0.05) is 40.5 Å². The lowest BCUT2D eigenvalue weighted by Crippen LogP contribution is -2.60. The average Bonchev–Trinajstić information content (AvgIpc) is 3.31. The lowest BCUT2D eigenvalue weighted by Gasteiger charge is -2.30. The van der Waals surface area contributed by atoms with Crippen LogP contribution in [0.25, 0.3) is 0 Å². The van der Waals surface area contributed by atoms with Gasteiger partial charge < -0.3 is 31.5 Å². The Labute approximate surface area is 194 Å². The van der Waals surface area contributed by atoms with Crippen LogP contribution in [0, 0.1) is 11.8 Å². The second kappa shape index (κ2) is 13.8. The lowest BCUT2D eigenvalue weighted by atomic mass is 9.94. The summed E-state index contributed by atoms with van der Waals surface area (Å²) in [5.74, 6) is -4.54. The van der Waals surface area contributed by atoms with E-state index in [9.17, 15) is 29.1 Å². The number of rotatable bonds is 14. The zero-order chi connectivity index (χ0) is 25.1. The molecule has 6 unspecified atom stereocenters. The molecule has 11 heteroatoms. The van der Waals surface area contributed by atoms with Crippen LogP contribution < -0.4 is 21.3 Å². The van der Waals surface area contributed by atoms with Crippen molar-refractivity contribution >= 4 is 29.7 Å². The minimum absolute atomic E-state index is 0.196. The average molecular weight is 471 g/mol. The molecule has 1 rings (SSSR count). The van der Waals surface area contributed by atoms with E-state index in [1.165, 1.54) is 0 Å². The van der Waals surface area contributed by atoms with Crippen molar-refractivity contribution in [1.29, 1.82) is 0 Å². The second-order valence-electron chi connectivity index (χ2n) is 8.72. The molecule has 0 radical (unpaired) electrons. The highest BCUT2D eigenvalue weighted by atomic mass is 16.4. The van der Waals surface area contributed by atoms with E-state index in [1.54, 1.807) is 6.92 Å². The number of carboxylic acids is 2. The molecule has 0 aromatic carbocycles. The summed E-state index contributed by atoms with van der Waals surface area (Å²) in [7, 11) is 0. The molecule has 1 saturated heterocycles. The van der Waals surface area contributed by atoms with Crippen LogP contribution in [0.1, 0.15) is 66.2 Å². The summed E-state index contributed by atoms with van der Waals surface area (Å²) in [6.07, 6.45) is 2.00. The van der Waals surface area contributed by atoms with E-state index in [2.05, 4.69) is 21.3 Å². The van der Waals surface area contributed by atoms with Crippen LogP contribution >= 0.6 is 0 Å². The number of aliphatic carboxylic acids is 2. The van der Waals surface area contributed by atoms with Gasteiger partial charge in [0.2, 0.25) is 17.7 Å². The number of carboxylic acid groups (broad SMARTS) is 2. The fourth-order valence-corrected chi connectivity index (χ4v) is 3.60. The number of amides is 3. The molecule has 1 fully saturated rings. The van der Waals surface area contributed by atoms with Crippen LogP contribution in [0.2, 0.25) is 0 Å². The Morgan fingerprint density at radius 2 is 1.45 bits per heavy atom. The highest BCUT2D eigenvalue weighted by molar-refractivity contribution is 5.94. The number of carbonyl (C=O) groups is 5. The van der Waals surface area contributed by atoms with Gasteiger partial charge in [-0.05, 0) is 37.6 Å². The molecule has 0 aliphatic carbocycles. The topological polar surface area (TPSA) is 174 Å². The maximum Gasteiger partial charge on any atom is 0.326 e. The summed E-state index contributed by atoms with van der Waals surface area (Å²) in [5, 5.41) is 29.1. The van der Waals surface area contributed by atoms with E-state index < -0.39 is 48.3 Å². The van der Waals surface area contributed by atoms with E-state index in [0.29, 0.717) is 19.3 Å². The van der Waals surface area contributed by atoms with Crippen molar-refractivity contribution in [3.63, 3.8) is 0 Å². The standard InChI is InChI=1S/C22H38N4O7/c1-5-12(3)17(20(30)24-15(22(32)33)9-10-16(27)28)26-21(31)18(13(4)6-2)25-19(29)14-8-7-11-23-14/h12-15,17-18,23H,5-11H2,1-4H3,(H,24,30)(H,25,29)(H,26,31)(H,27,28)(H,32,33). The Hall–Kier alpha value is -2.69. The number of nitrogens with one attached hydrogen (secondary N) is 4. The van der Waals surface area contributed by atoms with E-state index in [4.69, 9.17) is 5.11 Å². The number of hydrogen-bond donors (Lipinski definition) is 6. The summed E-state index contributed by atoms with van der Waals surface area (Å²) in [4.78, 5) is 60.9. The lowest BCUT2D eigenvalue weighted by molar-refractivity contribution is -0.143. The molecule has 1 heterocycles. The van der Waals surface area contributed by atoms with Crippen molar-refractivity contribution in [2.24, 2.45) is 11.8 Å². The molecule has 0 bridgehead atoms. The highest BCUT2D eigenvalue weighted by Crippen LogP contribution is 2.14. The molecule has 0 aromatic rings. The van der Waals surface area contributed by atoms with Gasteiger partial charge in [-0.15, -0.1) is 0 Å². The van der Waals surface area contributed by atoms with Crippen molar-refractivity contribution in [3.05, 3.63) is 0 Å². The summed E-state index contributed by atoms with van der Waals surface area (Å²) in [6, 6.07) is -3.65. The fourth-order valence-electron chi connectivity index (χ4n) is 3.60. The predicted molar refractivity (Wildman–Crippen MR) is 120 cm³/mol. The quantitative estimate of drug-likeness (QED) is 0.209. The van der Waals surface area contributed by atoms with Gasteiger partial charge in [-0.2, -0.15) is 0 Å². The zero-order valence-corrected chi connectivity index (χ0v) is 19.8. The Morgan fingerprint density at radius 3 is 1.91 bits per heavy atom. The first kappa shape index (κ1) is 28.3. The van der Waals surface area contributed by atoms with Crippen molar-refractivity contribution in [3.8, 4) is 0 Å². The number of carbonyl (C=O) groups excluding carboxylic acids is 3. The third-order valence-corrected chi connectivity index (χ3v) is 6.22. The van der Waals surface area contributed by atoms with Crippen LogP contribution in [0.15, 0.2) is 0 Å².